The van der Waals surface area contributed by atoms with Crippen molar-refractivity contribution in [3.8, 4) is 0 Å². The Morgan fingerprint density at radius 1 is 1.31 bits per heavy atom. The molecule has 1 atom stereocenters. The van der Waals surface area contributed by atoms with Crippen molar-refractivity contribution in [3.05, 3.63) is 42.0 Å². The number of aromatic nitrogens is 3. The Morgan fingerprint density at radius 3 is 2.85 bits per heavy atom. The molecule has 2 N–H and O–H groups in total. The number of nitrogens with zero attached hydrogens (tertiary/aromatic N) is 5. The van der Waals surface area contributed by atoms with Crippen molar-refractivity contribution in [1.29, 1.82) is 0 Å². The number of para-hydroxylation sites is 1. The number of benzene rings is 1. The first-order chi connectivity index (χ1) is 12.2. The number of halogens is 1. The molecular formula is C18H28IN7. The quantitative estimate of drug-likeness (QED) is 0.385. The van der Waals surface area contributed by atoms with Gasteiger partial charge in [-0.2, -0.15) is 5.10 Å². The minimum absolute atomic E-state index is 0. The van der Waals surface area contributed by atoms with Crippen molar-refractivity contribution in [2.24, 2.45) is 12.0 Å². The number of guanidine groups is 1. The molecule has 3 rings (SSSR count). The fraction of sp³-hybridized carbons (Fsp3) is 0.500. The molecular weight excluding hydrogens is 441 g/mol. The summed E-state index contributed by atoms with van der Waals surface area (Å²) in [5, 5.41) is 10.8. The van der Waals surface area contributed by atoms with Gasteiger partial charge in [-0.3, -0.25) is 4.68 Å². The largest absolute Gasteiger partial charge is 0.366 e. The monoisotopic (exact) mass is 469 g/mol. The molecule has 1 aromatic carbocycles. The van der Waals surface area contributed by atoms with E-state index >= 15 is 0 Å². The van der Waals surface area contributed by atoms with E-state index in [1.807, 2.05) is 7.05 Å². The van der Waals surface area contributed by atoms with E-state index in [1.165, 1.54) is 11.3 Å². The summed E-state index contributed by atoms with van der Waals surface area (Å²) in [6, 6.07) is 9.06. The second-order valence-electron chi connectivity index (χ2n) is 6.30. The van der Waals surface area contributed by atoms with E-state index in [0.29, 0.717) is 12.6 Å². The van der Waals surface area contributed by atoms with Crippen LogP contribution >= 0.6 is 24.0 Å². The van der Waals surface area contributed by atoms with E-state index in [2.05, 4.69) is 68.7 Å². The van der Waals surface area contributed by atoms with Gasteiger partial charge in [-0.15, -0.1) is 24.0 Å². The summed E-state index contributed by atoms with van der Waals surface area (Å²) in [6.07, 6.45) is 2.68. The summed E-state index contributed by atoms with van der Waals surface area (Å²) < 4.78 is 1.75. The standard InChI is InChI=1S/C18H27N7.HI/c1-4-19-18(21-12-17-22-13-23-24(17)3)20-11-14(2)25-10-9-15-7-5-6-8-16(15)25;/h5-8,13-14H,4,9-12H2,1-3H3,(H2,19,20,21);1H. The minimum atomic E-state index is 0. The molecule has 1 unspecified atom stereocenters. The van der Waals surface area contributed by atoms with Crippen LogP contribution in [0.1, 0.15) is 25.2 Å². The van der Waals surface area contributed by atoms with Crippen molar-refractivity contribution in [1.82, 2.24) is 25.4 Å². The summed E-state index contributed by atoms with van der Waals surface area (Å²) in [5.41, 5.74) is 2.80. The lowest BCUT2D eigenvalue weighted by atomic mass is 10.2. The number of nitrogens with one attached hydrogen (secondary N) is 2. The summed E-state index contributed by atoms with van der Waals surface area (Å²) in [5.74, 6) is 1.66. The van der Waals surface area contributed by atoms with Gasteiger partial charge >= 0.3 is 0 Å². The molecule has 0 radical (unpaired) electrons. The molecule has 1 aliphatic rings. The van der Waals surface area contributed by atoms with Crippen LogP contribution in [0.2, 0.25) is 0 Å². The lowest BCUT2D eigenvalue weighted by Gasteiger charge is -2.28. The fourth-order valence-electron chi connectivity index (χ4n) is 3.13. The Balaban J connectivity index is 0.00000243. The van der Waals surface area contributed by atoms with Gasteiger partial charge in [0.15, 0.2) is 5.96 Å². The third kappa shape index (κ3) is 4.87. The van der Waals surface area contributed by atoms with Crippen LogP contribution in [0.15, 0.2) is 35.6 Å². The third-order valence-electron chi connectivity index (χ3n) is 4.55. The molecule has 2 heterocycles. The molecule has 0 amide bonds. The second-order valence-corrected chi connectivity index (χ2v) is 6.30. The molecule has 142 valence electrons. The first-order valence-corrected chi connectivity index (χ1v) is 8.88. The molecule has 0 saturated carbocycles. The first kappa shape index (κ1) is 20.5. The van der Waals surface area contributed by atoms with Gasteiger partial charge in [0.2, 0.25) is 0 Å². The molecule has 1 aromatic heterocycles. The lowest BCUT2D eigenvalue weighted by Crippen LogP contribution is -2.45. The highest BCUT2D eigenvalue weighted by molar-refractivity contribution is 14.0. The molecule has 0 aliphatic carbocycles. The van der Waals surface area contributed by atoms with Crippen LogP contribution in [0.3, 0.4) is 0 Å². The molecule has 8 heteroatoms. The third-order valence-corrected chi connectivity index (χ3v) is 4.55. The van der Waals surface area contributed by atoms with E-state index in [0.717, 1.165) is 37.8 Å². The molecule has 7 nitrogen and oxygen atoms in total. The molecule has 1 aliphatic heterocycles. The van der Waals surface area contributed by atoms with Gasteiger partial charge < -0.3 is 15.5 Å². The van der Waals surface area contributed by atoms with Gasteiger partial charge in [0.05, 0.1) is 0 Å². The van der Waals surface area contributed by atoms with Crippen LogP contribution in [0.5, 0.6) is 0 Å². The summed E-state index contributed by atoms with van der Waals surface area (Å²) in [6.45, 7) is 7.56. The second kappa shape index (κ2) is 9.75. The summed E-state index contributed by atoms with van der Waals surface area (Å²) in [4.78, 5) is 11.3. The van der Waals surface area contributed by atoms with Crippen LogP contribution in [0.4, 0.5) is 5.69 Å². The predicted octanol–water partition coefficient (Wildman–Crippen LogP) is 1.94. The average molecular weight is 469 g/mol. The lowest BCUT2D eigenvalue weighted by molar-refractivity contribution is 0.624. The average Bonchev–Trinajstić information content (AvgIpc) is 3.23. The number of fused-ring (bicyclic) bond motifs is 1. The van der Waals surface area contributed by atoms with Crippen LogP contribution in [0, 0.1) is 0 Å². The van der Waals surface area contributed by atoms with Gasteiger partial charge in [-0.05, 0) is 31.9 Å². The van der Waals surface area contributed by atoms with Gasteiger partial charge in [-0.25, -0.2) is 9.98 Å². The Morgan fingerprint density at radius 2 is 2.12 bits per heavy atom. The number of hydrogen-bond donors (Lipinski definition) is 2. The highest BCUT2D eigenvalue weighted by Crippen LogP contribution is 2.28. The maximum Gasteiger partial charge on any atom is 0.191 e. The van der Waals surface area contributed by atoms with E-state index in [-0.39, 0.29) is 24.0 Å². The maximum absolute atomic E-state index is 4.61. The van der Waals surface area contributed by atoms with Crippen molar-refractivity contribution >= 4 is 35.6 Å². The van der Waals surface area contributed by atoms with E-state index in [4.69, 9.17) is 0 Å². The van der Waals surface area contributed by atoms with Gasteiger partial charge in [0.1, 0.15) is 18.7 Å². The van der Waals surface area contributed by atoms with Gasteiger partial charge in [0, 0.05) is 38.4 Å². The fourth-order valence-corrected chi connectivity index (χ4v) is 3.13. The van der Waals surface area contributed by atoms with Crippen LogP contribution in [-0.4, -0.2) is 46.4 Å². The van der Waals surface area contributed by atoms with Crippen molar-refractivity contribution in [2.75, 3.05) is 24.5 Å². The summed E-state index contributed by atoms with van der Waals surface area (Å²) >= 11 is 0. The highest BCUT2D eigenvalue weighted by Gasteiger charge is 2.22. The number of aliphatic imine (C=N–C) groups is 1. The normalized spacial score (nSPS) is 14.6. The van der Waals surface area contributed by atoms with E-state index in [9.17, 15) is 0 Å². The Labute approximate surface area is 172 Å². The predicted molar refractivity (Wildman–Crippen MR) is 116 cm³/mol. The number of hydrogen-bond acceptors (Lipinski definition) is 4. The summed E-state index contributed by atoms with van der Waals surface area (Å²) in [7, 11) is 1.88. The molecule has 0 saturated heterocycles. The van der Waals surface area contributed by atoms with Crippen molar-refractivity contribution in [3.63, 3.8) is 0 Å². The zero-order valence-electron chi connectivity index (χ0n) is 15.6. The smallest absolute Gasteiger partial charge is 0.191 e. The number of rotatable bonds is 6. The molecule has 26 heavy (non-hydrogen) atoms. The molecule has 0 spiro atoms. The zero-order chi connectivity index (χ0) is 17.6. The maximum atomic E-state index is 4.61. The molecule has 0 bridgehead atoms. The SMILES string of the molecule is CCNC(=NCc1ncnn1C)NCC(C)N1CCc2ccccc21.I. The van der Waals surface area contributed by atoms with E-state index < -0.39 is 0 Å². The van der Waals surface area contributed by atoms with Crippen LogP contribution < -0.4 is 15.5 Å². The van der Waals surface area contributed by atoms with Crippen LogP contribution in [-0.2, 0) is 20.0 Å². The number of anilines is 1. The van der Waals surface area contributed by atoms with Crippen LogP contribution in [0.25, 0.3) is 0 Å². The van der Waals surface area contributed by atoms with Crippen molar-refractivity contribution in [2.45, 2.75) is 32.9 Å². The zero-order valence-corrected chi connectivity index (χ0v) is 18.0. The topological polar surface area (TPSA) is 70.4 Å². The van der Waals surface area contributed by atoms with Gasteiger partial charge in [0.25, 0.3) is 0 Å². The van der Waals surface area contributed by atoms with E-state index in [1.54, 1.807) is 11.0 Å². The number of aryl methyl sites for hydroxylation is 1. The van der Waals surface area contributed by atoms with Crippen molar-refractivity contribution < 1.29 is 0 Å². The minimum Gasteiger partial charge on any atom is -0.366 e. The highest BCUT2D eigenvalue weighted by atomic mass is 127. The molecule has 0 fully saturated rings. The Hall–Kier alpha value is -1.84. The Kier molecular flexibility index (Phi) is 7.67. The first-order valence-electron chi connectivity index (χ1n) is 8.88. The van der Waals surface area contributed by atoms with Gasteiger partial charge in [-0.1, -0.05) is 18.2 Å². The Bertz CT molecular complexity index is 728. The molecule has 2 aromatic rings.